The number of hydrogen-bond acceptors (Lipinski definition) is 2. The molecule has 0 aromatic carbocycles. The Bertz CT molecular complexity index is 210. The molecular formula is C11H20N2. The number of hydrogen-bond donors (Lipinski definition) is 1. The summed E-state index contributed by atoms with van der Waals surface area (Å²) in [5.74, 6) is 0.656. The van der Waals surface area contributed by atoms with Crippen LogP contribution in [0.15, 0.2) is 16.8 Å². The predicted octanol–water partition coefficient (Wildman–Crippen LogP) is 2.37. The first-order chi connectivity index (χ1) is 6.24. The zero-order chi connectivity index (χ0) is 9.68. The average molecular weight is 180 g/mol. The highest BCUT2D eigenvalue weighted by Gasteiger charge is 2.15. The van der Waals surface area contributed by atoms with Gasteiger partial charge >= 0.3 is 0 Å². The third-order valence-corrected chi connectivity index (χ3v) is 2.66. The Kier molecular flexibility index (Phi) is 4.16. The summed E-state index contributed by atoms with van der Waals surface area (Å²) in [6.07, 6.45) is 4.63. The Balaban J connectivity index is 2.54. The minimum Gasteiger partial charge on any atom is -0.316 e. The van der Waals surface area contributed by atoms with Crippen molar-refractivity contribution in [3.05, 3.63) is 11.8 Å². The molecular weight excluding hydrogens is 160 g/mol. The van der Waals surface area contributed by atoms with Crippen LogP contribution in [0, 0.1) is 5.92 Å². The fourth-order valence-corrected chi connectivity index (χ4v) is 1.64. The van der Waals surface area contributed by atoms with Crippen LogP contribution in [0.1, 0.15) is 33.6 Å². The average Bonchev–Trinajstić information content (AvgIpc) is 2.19. The summed E-state index contributed by atoms with van der Waals surface area (Å²) in [6.45, 7) is 8.51. The van der Waals surface area contributed by atoms with Gasteiger partial charge in [-0.2, -0.15) is 0 Å². The summed E-state index contributed by atoms with van der Waals surface area (Å²) in [4.78, 5) is 4.56. The lowest BCUT2D eigenvalue weighted by Gasteiger charge is -2.22. The van der Waals surface area contributed by atoms with Gasteiger partial charge in [0.25, 0.3) is 0 Å². The van der Waals surface area contributed by atoms with E-state index in [9.17, 15) is 0 Å². The molecule has 0 aliphatic carbocycles. The Morgan fingerprint density at radius 2 is 2.23 bits per heavy atom. The van der Waals surface area contributed by atoms with Crippen LogP contribution in [-0.4, -0.2) is 18.8 Å². The molecule has 1 aliphatic rings. The molecule has 1 saturated heterocycles. The molecule has 1 fully saturated rings. The second-order valence-electron chi connectivity index (χ2n) is 3.73. The van der Waals surface area contributed by atoms with Gasteiger partial charge in [0.1, 0.15) is 0 Å². The summed E-state index contributed by atoms with van der Waals surface area (Å²) in [5.41, 5.74) is 2.41. The monoisotopic (exact) mass is 180 g/mol. The normalized spacial score (nSPS) is 26.2. The van der Waals surface area contributed by atoms with Gasteiger partial charge in [-0.3, -0.25) is 4.99 Å². The highest BCUT2D eigenvalue weighted by molar-refractivity contribution is 5.85. The first-order valence-electron chi connectivity index (χ1n) is 5.13. The van der Waals surface area contributed by atoms with Gasteiger partial charge in [-0.25, -0.2) is 0 Å². The Morgan fingerprint density at radius 1 is 1.46 bits per heavy atom. The summed E-state index contributed by atoms with van der Waals surface area (Å²) in [5, 5.41) is 3.41. The number of allylic oxidation sites excluding steroid dienone is 2. The van der Waals surface area contributed by atoms with Crippen molar-refractivity contribution in [3.63, 3.8) is 0 Å². The predicted molar refractivity (Wildman–Crippen MR) is 58.1 cm³/mol. The van der Waals surface area contributed by atoms with Gasteiger partial charge < -0.3 is 5.32 Å². The maximum Gasteiger partial charge on any atom is 0.0329 e. The maximum atomic E-state index is 4.56. The molecule has 13 heavy (non-hydrogen) atoms. The van der Waals surface area contributed by atoms with E-state index in [-0.39, 0.29) is 0 Å². The molecule has 2 nitrogen and oxygen atoms in total. The molecule has 0 amide bonds. The molecule has 0 aromatic heterocycles. The molecule has 74 valence electrons. The zero-order valence-electron chi connectivity index (χ0n) is 8.93. The van der Waals surface area contributed by atoms with Gasteiger partial charge in [-0.05, 0) is 40.2 Å². The minimum atomic E-state index is 0.656. The smallest absolute Gasteiger partial charge is 0.0329 e. The van der Waals surface area contributed by atoms with Crippen LogP contribution in [0.2, 0.25) is 0 Å². The second-order valence-corrected chi connectivity index (χ2v) is 3.73. The van der Waals surface area contributed by atoms with E-state index in [2.05, 4.69) is 30.2 Å². The van der Waals surface area contributed by atoms with Crippen LogP contribution in [0.4, 0.5) is 0 Å². The molecule has 2 heteroatoms. The zero-order valence-corrected chi connectivity index (χ0v) is 8.93. The summed E-state index contributed by atoms with van der Waals surface area (Å²) >= 11 is 0. The molecule has 1 aliphatic heterocycles. The summed E-state index contributed by atoms with van der Waals surface area (Å²) in [7, 11) is 0. The van der Waals surface area contributed by atoms with Gasteiger partial charge in [0, 0.05) is 23.9 Å². The third kappa shape index (κ3) is 3.31. The molecule has 0 bridgehead atoms. The van der Waals surface area contributed by atoms with E-state index >= 15 is 0 Å². The fraction of sp³-hybridized carbons (Fsp3) is 0.727. The van der Waals surface area contributed by atoms with Crippen molar-refractivity contribution in [2.75, 3.05) is 13.1 Å². The standard InChI is InChI=1S/C11H20N2/c1-4-9(2)13-10(3)11-6-5-7-12-8-11/h4,11-12H,5-8H2,1-3H3/b9-4-,13-10?. The maximum absolute atomic E-state index is 4.56. The Hall–Kier alpha value is -0.630. The molecule has 0 aromatic rings. The van der Waals surface area contributed by atoms with Crippen LogP contribution < -0.4 is 5.32 Å². The molecule has 0 saturated carbocycles. The van der Waals surface area contributed by atoms with E-state index in [1.807, 2.05) is 6.92 Å². The van der Waals surface area contributed by atoms with Crippen molar-refractivity contribution in [2.24, 2.45) is 10.9 Å². The molecule has 1 N–H and O–H groups in total. The third-order valence-electron chi connectivity index (χ3n) is 2.66. The molecule has 1 atom stereocenters. The van der Waals surface area contributed by atoms with Crippen molar-refractivity contribution < 1.29 is 0 Å². The number of aliphatic imine (C=N–C) groups is 1. The molecule has 0 radical (unpaired) electrons. The van der Waals surface area contributed by atoms with Crippen molar-refractivity contribution in [1.29, 1.82) is 0 Å². The second kappa shape index (κ2) is 5.18. The van der Waals surface area contributed by atoms with Crippen molar-refractivity contribution >= 4 is 5.71 Å². The molecule has 1 heterocycles. The molecule has 1 unspecified atom stereocenters. The van der Waals surface area contributed by atoms with E-state index in [0.29, 0.717) is 5.92 Å². The lowest BCUT2D eigenvalue weighted by molar-refractivity contribution is 0.457. The molecule has 0 spiro atoms. The highest BCUT2D eigenvalue weighted by atomic mass is 14.9. The van der Waals surface area contributed by atoms with Gasteiger partial charge in [0.05, 0.1) is 0 Å². The lowest BCUT2D eigenvalue weighted by atomic mass is 9.95. The van der Waals surface area contributed by atoms with E-state index in [0.717, 1.165) is 12.2 Å². The SMILES string of the molecule is C/C=C(/C)N=C(C)C1CCCNC1. The quantitative estimate of drug-likeness (QED) is 0.648. The van der Waals surface area contributed by atoms with E-state index in [1.54, 1.807) is 0 Å². The first-order valence-corrected chi connectivity index (χ1v) is 5.13. The van der Waals surface area contributed by atoms with Crippen LogP contribution in [-0.2, 0) is 0 Å². The van der Waals surface area contributed by atoms with Crippen molar-refractivity contribution in [3.8, 4) is 0 Å². The lowest BCUT2D eigenvalue weighted by Crippen LogP contribution is -2.33. The number of rotatable bonds is 2. The Labute approximate surface area is 81.1 Å². The number of nitrogens with one attached hydrogen (secondary N) is 1. The first kappa shape index (κ1) is 10.5. The van der Waals surface area contributed by atoms with Crippen LogP contribution in [0.25, 0.3) is 0 Å². The van der Waals surface area contributed by atoms with E-state index in [4.69, 9.17) is 0 Å². The largest absolute Gasteiger partial charge is 0.316 e. The molecule has 1 rings (SSSR count). The van der Waals surface area contributed by atoms with Crippen LogP contribution >= 0.6 is 0 Å². The summed E-state index contributed by atoms with van der Waals surface area (Å²) in [6, 6.07) is 0. The topological polar surface area (TPSA) is 24.4 Å². The van der Waals surface area contributed by atoms with Gasteiger partial charge in [-0.1, -0.05) is 6.08 Å². The van der Waals surface area contributed by atoms with E-state index < -0.39 is 0 Å². The number of nitrogens with zero attached hydrogens (tertiary/aromatic N) is 1. The Morgan fingerprint density at radius 3 is 2.77 bits per heavy atom. The van der Waals surface area contributed by atoms with Crippen molar-refractivity contribution in [1.82, 2.24) is 5.32 Å². The van der Waals surface area contributed by atoms with Gasteiger partial charge in [0.15, 0.2) is 0 Å². The highest BCUT2D eigenvalue weighted by Crippen LogP contribution is 2.13. The minimum absolute atomic E-state index is 0.656. The van der Waals surface area contributed by atoms with Gasteiger partial charge in [-0.15, -0.1) is 0 Å². The summed E-state index contributed by atoms with van der Waals surface area (Å²) < 4.78 is 0. The number of piperidine rings is 1. The van der Waals surface area contributed by atoms with Gasteiger partial charge in [0.2, 0.25) is 0 Å². The van der Waals surface area contributed by atoms with E-state index in [1.165, 1.54) is 25.1 Å². The van der Waals surface area contributed by atoms with Crippen molar-refractivity contribution in [2.45, 2.75) is 33.6 Å². The van der Waals surface area contributed by atoms with Crippen LogP contribution in [0.3, 0.4) is 0 Å². The van der Waals surface area contributed by atoms with Crippen LogP contribution in [0.5, 0.6) is 0 Å². The fourth-order valence-electron chi connectivity index (χ4n) is 1.64.